The van der Waals surface area contributed by atoms with Gasteiger partial charge in [-0.15, -0.1) is 0 Å². The Kier molecular flexibility index (Phi) is 18.3. The van der Waals surface area contributed by atoms with E-state index in [0.29, 0.717) is 6.10 Å². The van der Waals surface area contributed by atoms with Gasteiger partial charge in [0.2, 0.25) is 0 Å². The number of morpholine rings is 1. The molecule has 3 fully saturated rings. The van der Waals surface area contributed by atoms with Crippen LogP contribution in [0.1, 0.15) is 73.6 Å². The summed E-state index contributed by atoms with van der Waals surface area (Å²) in [4.78, 5) is 9.66. The third-order valence-corrected chi connectivity index (χ3v) is 6.47. The molecule has 0 saturated carbocycles. The van der Waals surface area contributed by atoms with Crippen LogP contribution in [0.5, 0.6) is 0 Å². The first kappa shape index (κ1) is 29.8. The van der Waals surface area contributed by atoms with Crippen molar-refractivity contribution in [2.45, 2.75) is 91.8 Å². The molecule has 3 unspecified atom stereocenters. The van der Waals surface area contributed by atoms with Gasteiger partial charge in [0.25, 0.3) is 0 Å². The van der Waals surface area contributed by atoms with Crippen molar-refractivity contribution in [3.05, 3.63) is 0 Å². The number of hydrogen-bond acceptors (Lipinski definition) is 5. The van der Waals surface area contributed by atoms with Crippen LogP contribution >= 0.6 is 0 Å². The lowest BCUT2D eigenvalue weighted by molar-refractivity contribution is -0.0206. The fraction of sp³-hybridized carbons (Fsp3) is 1.00. The number of ether oxygens (including phenoxy) is 1. The van der Waals surface area contributed by atoms with Crippen molar-refractivity contribution in [1.82, 2.24) is 19.6 Å². The highest BCUT2D eigenvalue weighted by Gasteiger charge is 2.19. The van der Waals surface area contributed by atoms with Gasteiger partial charge >= 0.3 is 0 Å². The Labute approximate surface area is 190 Å². The van der Waals surface area contributed by atoms with E-state index in [9.17, 15) is 0 Å². The Morgan fingerprint density at radius 3 is 1.67 bits per heavy atom. The van der Waals surface area contributed by atoms with Crippen LogP contribution in [0.25, 0.3) is 0 Å². The van der Waals surface area contributed by atoms with Crippen LogP contribution in [-0.2, 0) is 4.74 Å². The van der Waals surface area contributed by atoms with E-state index in [1.165, 1.54) is 58.4 Å². The van der Waals surface area contributed by atoms with Gasteiger partial charge < -0.3 is 24.3 Å². The van der Waals surface area contributed by atoms with Gasteiger partial charge in [0, 0.05) is 51.4 Å². The normalized spacial score (nSPS) is 28.9. The van der Waals surface area contributed by atoms with Gasteiger partial charge in [-0.05, 0) is 60.8 Å². The van der Waals surface area contributed by atoms with Crippen molar-refractivity contribution < 1.29 is 4.74 Å². The molecule has 0 aromatic carbocycles. The molecule has 0 spiro atoms. The van der Waals surface area contributed by atoms with Crippen LogP contribution in [-0.4, -0.2) is 111 Å². The van der Waals surface area contributed by atoms with E-state index in [-0.39, 0.29) is 0 Å². The summed E-state index contributed by atoms with van der Waals surface area (Å²) >= 11 is 0. The van der Waals surface area contributed by atoms with Crippen LogP contribution in [0, 0.1) is 0 Å². The predicted molar refractivity (Wildman–Crippen MR) is 134 cm³/mol. The van der Waals surface area contributed by atoms with Crippen LogP contribution < -0.4 is 0 Å². The van der Waals surface area contributed by atoms with E-state index < -0.39 is 0 Å². The molecule has 5 nitrogen and oxygen atoms in total. The Bertz CT molecular complexity index is 361. The van der Waals surface area contributed by atoms with Crippen LogP contribution in [0.4, 0.5) is 0 Å². The maximum atomic E-state index is 5.46. The van der Waals surface area contributed by atoms with Crippen molar-refractivity contribution in [2.75, 3.05) is 73.6 Å². The van der Waals surface area contributed by atoms with Gasteiger partial charge in [-0.1, -0.05) is 40.5 Å². The van der Waals surface area contributed by atoms with Crippen molar-refractivity contribution >= 4 is 0 Å². The van der Waals surface area contributed by atoms with Gasteiger partial charge in [0.1, 0.15) is 0 Å². The smallest absolute Gasteiger partial charge is 0.0699 e. The van der Waals surface area contributed by atoms with E-state index in [2.05, 4.69) is 82.3 Å². The second-order valence-electron chi connectivity index (χ2n) is 9.40. The number of nitrogens with zero attached hydrogens (tertiary/aromatic N) is 4. The topological polar surface area (TPSA) is 22.2 Å². The summed E-state index contributed by atoms with van der Waals surface area (Å²) in [6.07, 6.45) is 7.09. The average Bonchev–Trinajstić information content (AvgIpc) is 2.74. The number of likely N-dealkylation sites (tertiary alicyclic amines) is 1. The maximum absolute atomic E-state index is 5.46. The van der Waals surface area contributed by atoms with Gasteiger partial charge in [-0.3, -0.25) is 0 Å². The zero-order chi connectivity index (χ0) is 22.9. The summed E-state index contributed by atoms with van der Waals surface area (Å²) in [5, 5.41) is 0. The van der Waals surface area contributed by atoms with Crippen LogP contribution in [0.15, 0.2) is 0 Å². The van der Waals surface area contributed by atoms with Gasteiger partial charge in [0.05, 0.1) is 12.7 Å². The highest BCUT2D eigenvalue weighted by molar-refractivity contribution is 4.75. The molecule has 0 bridgehead atoms. The van der Waals surface area contributed by atoms with Crippen molar-refractivity contribution in [2.24, 2.45) is 0 Å². The molecule has 0 N–H and O–H groups in total. The van der Waals surface area contributed by atoms with E-state index in [1.807, 2.05) is 0 Å². The monoisotopic (exact) mass is 428 g/mol. The number of rotatable bonds is 2. The molecule has 0 amide bonds. The molecular weight excluding hydrogens is 372 g/mol. The summed E-state index contributed by atoms with van der Waals surface area (Å²) in [5.41, 5.74) is 0. The second-order valence-corrected chi connectivity index (χ2v) is 9.40. The van der Waals surface area contributed by atoms with E-state index in [0.717, 1.165) is 38.2 Å². The fourth-order valence-electron chi connectivity index (χ4n) is 3.83. The Balaban J connectivity index is 0.000000394. The average molecular weight is 429 g/mol. The van der Waals surface area contributed by atoms with Crippen LogP contribution in [0.3, 0.4) is 0 Å². The molecule has 3 saturated heterocycles. The first-order valence-electron chi connectivity index (χ1n) is 12.7. The van der Waals surface area contributed by atoms with Crippen LogP contribution in [0.2, 0.25) is 0 Å². The molecule has 0 aliphatic carbocycles. The first-order valence-corrected chi connectivity index (χ1v) is 12.7. The van der Waals surface area contributed by atoms with Gasteiger partial charge in [0.15, 0.2) is 0 Å². The molecule has 0 radical (unpaired) electrons. The molecule has 182 valence electrons. The minimum absolute atomic E-state index is 0.490. The van der Waals surface area contributed by atoms with Crippen molar-refractivity contribution in [3.63, 3.8) is 0 Å². The molecule has 0 aromatic heterocycles. The predicted octanol–water partition coefficient (Wildman–Crippen LogP) is 4.28. The number of piperidine rings is 1. The third-order valence-electron chi connectivity index (χ3n) is 6.47. The SMILES string of the molecule is CC1CCCC(C)N1C.CCC.CCC1CN(C)CCO1.CCN1CCN(C)CC1. The zero-order valence-electron chi connectivity index (χ0n) is 22.1. The Morgan fingerprint density at radius 2 is 1.30 bits per heavy atom. The quantitative estimate of drug-likeness (QED) is 0.653. The van der Waals surface area contributed by atoms with E-state index >= 15 is 0 Å². The summed E-state index contributed by atoms with van der Waals surface area (Å²) < 4.78 is 5.46. The lowest BCUT2D eigenvalue weighted by Gasteiger charge is -2.35. The molecule has 3 aliphatic heterocycles. The zero-order valence-corrected chi connectivity index (χ0v) is 22.1. The Hall–Kier alpha value is -0.200. The third kappa shape index (κ3) is 14.0. The van der Waals surface area contributed by atoms with Crippen molar-refractivity contribution in [3.8, 4) is 0 Å². The minimum Gasteiger partial charge on any atom is -0.376 e. The largest absolute Gasteiger partial charge is 0.376 e. The fourth-order valence-corrected chi connectivity index (χ4v) is 3.83. The molecule has 0 aromatic rings. The number of likely N-dealkylation sites (N-methyl/N-ethyl adjacent to an activating group) is 3. The summed E-state index contributed by atoms with van der Waals surface area (Å²) in [7, 11) is 6.56. The molecule has 3 heterocycles. The molecule has 3 atom stereocenters. The molecule has 30 heavy (non-hydrogen) atoms. The highest BCUT2D eigenvalue weighted by Crippen LogP contribution is 2.19. The number of hydrogen-bond donors (Lipinski definition) is 0. The molecule has 3 aliphatic rings. The standard InChI is InChI=1S/C8H17N.C7H16N2.C7H15NO.C3H8/c1-7-5-4-6-8(2)9(7)3;1-3-9-6-4-8(2)5-7-9;1-3-7-6-8(2)4-5-9-7;1-3-2/h7-8H,4-6H2,1-3H3;3-7H2,1-2H3;7H,3-6H2,1-2H3;3H2,1-2H3. The van der Waals surface area contributed by atoms with E-state index in [4.69, 9.17) is 4.74 Å². The van der Waals surface area contributed by atoms with Gasteiger partial charge in [-0.25, -0.2) is 0 Å². The lowest BCUT2D eigenvalue weighted by Crippen LogP contribution is -2.44. The molecule has 5 heteroatoms. The Morgan fingerprint density at radius 1 is 0.767 bits per heavy atom. The maximum Gasteiger partial charge on any atom is 0.0699 e. The first-order chi connectivity index (χ1) is 14.3. The van der Waals surface area contributed by atoms with E-state index in [1.54, 1.807) is 0 Å². The molecule has 3 rings (SSSR count). The molecular formula is C25H56N4O. The summed E-state index contributed by atoms with van der Waals surface area (Å²) in [5.74, 6) is 0. The number of piperazine rings is 1. The summed E-state index contributed by atoms with van der Waals surface area (Å²) in [6.45, 7) is 22.6. The second kappa shape index (κ2) is 18.4. The van der Waals surface area contributed by atoms with Crippen molar-refractivity contribution in [1.29, 1.82) is 0 Å². The lowest BCUT2D eigenvalue weighted by atomic mass is 9.99. The summed E-state index contributed by atoms with van der Waals surface area (Å²) in [6, 6.07) is 1.63. The highest BCUT2D eigenvalue weighted by atomic mass is 16.5. The minimum atomic E-state index is 0.490. The van der Waals surface area contributed by atoms with Gasteiger partial charge in [-0.2, -0.15) is 0 Å².